The molecule has 0 N–H and O–H groups in total. The third-order valence-electron chi connectivity index (χ3n) is 4.05. The van der Waals surface area contributed by atoms with Crippen LogP contribution in [0.25, 0.3) is 0 Å². The molecule has 1 saturated heterocycles. The summed E-state index contributed by atoms with van der Waals surface area (Å²) >= 11 is 0. The molecule has 1 aliphatic rings. The van der Waals surface area contributed by atoms with Crippen molar-refractivity contribution in [1.29, 1.82) is 0 Å². The first-order valence-electron chi connectivity index (χ1n) is 7.79. The summed E-state index contributed by atoms with van der Waals surface area (Å²) in [4.78, 5) is 25.5. The Kier molecular flexibility index (Phi) is 4.42. The van der Waals surface area contributed by atoms with Crippen molar-refractivity contribution in [2.75, 3.05) is 11.4 Å². The summed E-state index contributed by atoms with van der Waals surface area (Å²) in [6.07, 6.45) is 1.75. The van der Waals surface area contributed by atoms with Gasteiger partial charge in [-0.05, 0) is 48.7 Å². The largest absolute Gasteiger partial charge is 0.426 e. The van der Waals surface area contributed by atoms with Crippen molar-refractivity contribution >= 4 is 17.6 Å². The number of hydrogen-bond acceptors (Lipinski definition) is 3. The molecule has 4 heteroatoms. The van der Waals surface area contributed by atoms with Crippen LogP contribution in [-0.2, 0) is 16.0 Å². The zero-order valence-corrected chi connectivity index (χ0v) is 13.1. The number of carbonyl (C=O) groups excluding carboxylic acids is 2. The van der Waals surface area contributed by atoms with Crippen LogP contribution in [0.4, 0.5) is 5.69 Å². The molecule has 0 aromatic heterocycles. The third kappa shape index (κ3) is 3.59. The van der Waals surface area contributed by atoms with Crippen LogP contribution in [-0.4, -0.2) is 18.4 Å². The molecule has 118 valence electrons. The normalized spacial score (nSPS) is 14.1. The van der Waals surface area contributed by atoms with Crippen molar-refractivity contribution < 1.29 is 14.3 Å². The molecular weight excluding hydrogens is 290 g/mol. The molecule has 0 spiro atoms. The van der Waals surface area contributed by atoms with Gasteiger partial charge in [-0.15, -0.1) is 0 Å². The highest BCUT2D eigenvalue weighted by molar-refractivity contribution is 5.95. The highest BCUT2D eigenvalue weighted by Crippen LogP contribution is 2.24. The Morgan fingerprint density at radius 1 is 1.13 bits per heavy atom. The van der Waals surface area contributed by atoms with Crippen LogP contribution in [0.5, 0.6) is 5.75 Å². The van der Waals surface area contributed by atoms with Crippen molar-refractivity contribution in [1.82, 2.24) is 0 Å². The Labute approximate surface area is 135 Å². The van der Waals surface area contributed by atoms with Gasteiger partial charge in [0.25, 0.3) is 0 Å². The number of hydrogen-bond donors (Lipinski definition) is 0. The highest BCUT2D eigenvalue weighted by atomic mass is 16.5. The Morgan fingerprint density at radius 3 is 2.52 bits per heavy atom. The Bertz CT molecular complexity index is 722. The third-order valence-corrected chi connectivity index (χ3v) is 4.05. The first kappa shape index (κ1) is 15.3. The van der Waals surface area contributed by atoms with Crippen molar-refractivity contribution in [3.05, 3.63) is 59.7 Å². The van der Waals surface area contributed by atoms with Gasteiger partial charge in [-0.2, -0.15) is 0 Å². The molecule has 0 saturated carbocycles. The standard InChI is InChI=1S/C19H19NO3/c1-14-5-2-3-6-15(14)13-19(22)23-17-10-8-16(9-11-17)20-12-4-7-18(20)21/h2-3,5-6,8-11H,4,7,12-13H2,1H3. The number of aryl methyl sites for hydroxylation is 1. The van der Waals surface area contributed by atoms with E-state index in [0.717, 1.165) is 29.8 Å². The number of esters is 1. The summed E-state index contributed by atoms with van der Waals surface area (Å²) in [7, 11) is 0. The van der Waals surface area contributed by atoms with Gasteiger partial charge in [0.2, 0.25) is 5.91 Å². The van der Waals surface area contributed by atoms with E-state index in [1.807, 2.05) is 43.3 Å². The minimum Gasteiger partial charge on any atom is -0.426 e. The SMILES string of the molecule is Cc1ccccc1CC(=O)Oc1ccc(N2CCCC2=O)cc1. The van der Waals surface area contributed by atoms with E-state index < -0.39 is 0 Å². The second kappa shape index (κ2) is 6.65. The molecule has 2 aromatic carbocycles. The zero-order chi connectivity index (χ0) is 16.2. The zero-order valence-electron chi connectivity index (χ0n) is 13.1. The van der Waals surface area contributed by atoms with Gasteiger partial charge in [0.05, 0.1) is 6.42 Å². The number of ether oxygens (including phenoxy) is 1. The summed E-state index contributed by atoms with van der Waals surface area (Å²) in [5, 5.41) is 0. The molecule has 23 heavy (non-hydrogen) atoms. The van der Waals surface area contributed by atoms with Gasteiger partial charge in [-0.3, -0.25) is 9.59 Å². The van der Waals surface area contributed by atoms with Crippen molar-refractivity contribution in [3.63, 3.8) is 0 Å². The van der Waals surface area contributed by atoms with E-state index in [2.05, 4.69) is 0 Å². The quantitative estimate of drug-likeness (QED) is 0.643. The molecular formula is C19H19NO3. The fourth-order valence-corrected chi connectivity index (χ4v) is 2.75. The maximum absolute atomic E-state index is 12.0. The molecule has 1 amide bonds. The first-order valence-corrected chi connectivity index (χ1v) is 7.79. The topological polar surface area (TPSA) is 46.6 Å². The molecule has 0 unspecified atom stereocenters. The average Bonchev–Trinajstić information content (AvgIpc) is 2.96. The van der Waals surface area contributed by atoms with Crippen LogP contribution in [0.15, 0.2) is 48.5 Å². The predicted octanol–water partition coefficient (Wildman–Crippen LogP) is 3.27. The summed E-state index contributed by atoms with van der Waals surface area (Å²) in [5.41, 5.74) is 2.90. The molecule has 3 rings (SSSR count). The summed E-state index contributed by atoms with van der Waals surface area (Å²) < 4.78 is 5.38. The molecule has 2 aromatic rings. The first-order chi connectivity index (χ1) is 11.1. The van der Waals surface area contributed by atoms with Crippen molar-refractivity contribution in [2.24, 2.45) is 0 Å². The van der Waals surface area contributed by atoms with Crippen LogP contribution in [0.3, 0.4) is 0 Å². The molecule has 0 atom stereocenters. The summed E-state index contributed by atoms with van der Waals surface area (Å²) in [6, 6.07) is 14.9. The maximum Gasteiger partial charge on any atom is 0.315 e. The van der Waals surface area contributed by atoms with E-state index in [0.29, 0.717) is 12.2 Å². The van der Waals surface area contributed by atoms with Gasteiger partial charge in [0.1, 0.15) is 5.75 Å². The van der Waals surface area contributed by atoms with Crippen molar-refractivity contribution in [2.45, 2.75) is 26.2 Å². The number of benzene rings is 2. The smallest absolute Gasteiger partial charge is 0.315 e. The fourth-order valence-electron chi connectivity index (χ4n) is 2.75. The van der Waals surface area contributed by atoms with Gasteiger partial charge in [0, 0.05) is 18.7 Å². The monoisotopic (exact) mass is 309 g/mol. The Balaban J connectivity index is 1.63. The van der Waals surface area contributed by atoms with Crippen LogP contribution in [0.2, 0.25) is 0 Å². The number of rotatable bonds is 4. The Hall–Kier alpha value is -2.62. The number of nitrogens with zero attached hydrogens (tertiary/aromatic N) is 1. The lowest BCUT2D eigenvalue weighted by Gasteiger charge is -2.15. The molecule has 1 fully saturated rings. The van der Waals surface area contributed by atoms with E-state index in [9.17, 15) is 9.59 Å². The predicted molar refractivity (Wildman–Crippen MR) is 88.5 cm³/mol. The summed E-state index contributed by atoms with van der Waals surface area (Å²) in [6.45, 7) is 2.73. The van der Waals surface area contributed by atoms with Gasteiger partial charge < -0.3 is 9.64 Å². The highest BCUT2D eigenvalue weighted by Gasteiger charge is 2.21. The second-order valence-corrected chi connectivity index (χ2v) is 5.72. The molecule has 4 nitrogen and oxygen atoms in total. The van der Waals surface area contributed by atoms with E-state index >= 15 is 0 Å². The van der Waals surface area contributed by atoms with Crippen LogP contribution in [0.1, 0.15) is 24.0 Å². The molecule has 0 aliphatic carbocycles. The van der Waals surface area contributed by atoms with E-state index in [4.69, 9.17) is 4.74 Å². The van der Waals surface area contributed by atoms with Crippen LogP contribution >= 0.6 is 0 Å². The number of anilines is 1. The number of amides is 1. The van der Waals surface area contributed by atoms with Crippen LogP contribution < -0.4 is 9.64 Å². The van der Waals surface area contributed by atoms with Gasteiger partial charge in [-0.1, -0.05) is 24.3 Å². The maximum atomic E-state index is 12.0. The molecule has 0 bridgehead atoms. The van der Waals surface area contributed by atoms with Crippen molar-refractivity contribution in [3.8, 4) is 5.75 Å². The summed E-state index contributed by atoms with van der Waals surface area (Å²) in [5.74, 6) is 0.359. The lowest BCUT2D eigenvalue weighted by atomic mass is 10.1. The lowest BCUT2D eigenvalue weighted by Crippen LogP contribution is -2.23. The average molecular weight is 309 g/mol. The fraction of sp³-hybridized carbons (Fsp3) is 0.263. The Morgan fingerprint density at radius 2 is 1.87 bits per heavy atom. The second-order valence-electron chi connectivity index (χ2n) is 5.72. The van der Waals surface area contributed by atoms with Gasteiger partial charge in [0.15, 0.2) is 0 Å². The molecule has 0 radical (unpaired) electrons. The minimum atomic E-state index is -0.288. The van der Waals surface area contributed by atoms with Gasteiger partial charge >= 0.3 is 5.97 Å². The molecule has 1 aliphatic heterocycles. The minimum absolute atomic E-state index is 0.147. The van der Waals surface area contributed by atoms with E-state index in [-0.39, 0.29) is 18.3 Å². The van der Waals surface area contributed by atoms with E-state index in [1.165, 1.54) is 0 Å². The van der Waals surface area contributed by atoms with Crippen LogP contribution in [0, 0.1) is 6.92 Å². The lowest BCUT2D eigenvalue weighted by molar-refractivity contribution is -0.133. The number of carbonyl (C=O) groups is 2. The van der Waals surface area contributed by atoms with E-state index in [1.54, 1.807) is 17.0 Å². The van der Waals surface area contributed by atoms with Gasteiger partial charge in [-0.25, -0.2) is 0 Å². The molecule has 1 heterocycles.